The fraction of sp³-hybridized carbons (Fsp3) is 0.0769. The van der Waals surface area contributed by atoms with Crippen molar-refractivity contribution >= 4 is 34.1 Å². The average Bonchev–Trinajstić information content (AvgIpc) is 2.42. The van der Waals surface area contributed by atoms with Gasteiger partial charge in [-0.15, -0.1) is 0 Å². The molecular formula is C13H12N4S2. The third kappa shape index (κ3) is 4.11. The minimum Gasteiger partial charge on any atom is -0.382 e. The van der Waals surface area contributed by atoms with Crippen LogP contribution in [-0.4, -0.2) is 20.1 Å². The minimum atomic E-state index is 0.276. The zero-order valence-corrected chi connectivity index (χ0v) is 11.9. The van der Waals surface area contributed by atoms with Gasteiger partial charge in [0.15, 0.2) is 10.2 Å². The van der Waals surface area contributed by atoms with Gasteiger partial charge in [0, 0.05) is 17.3 Å². The molecule has 0 unspecified atom stereocenters. The molecule has 0 saturated heterocycles. The Morgan fingerprint density at radius 2 is 2.00 bits per heavy atom. The molecule has 0 bridgehead atoms. The number of nitrogens with zero attached hydrogens (tertiary/aromatic N) is 3. The van der Waals surface area contributed by atoms with Gasteiger partial charge in [-0.3, -0.25) is 4.98 Å². The van der Waals surface area contributed by atoms with E-state index in [1.165, 1.54) is 17.3 Å². The number of aromatic nitrogens is 2. The molecule has 2 N–H and O–H groups in total. The first-order chi connectivity index (χ1) is 9.15. The molecule has 0 radical (unpaired) electrons. The van der Waals surface area contributed by atoms with Crippen molar-refractivity contribution in [3.05, 3.63) is 54.1 Å². The van der Waals surface area contributed by atoms with Crippen LogP contribution in [0.15, 0.2) is 52.7 Å². The van der Waals surface area contributed by atoms with E-state index in [4.69, 9.17) is 18.0 Å². The summed E-state index contributed by atoms with van der Waals surface area (Å²) in [5, 5.41) is 0. The normalized spacial score (nSPS) is 11.3. The summed E-state index contributed by atoms with van der Waals surface area (Å²) in [6, 6.07) is 8.06. The van der Waals surface area contributed by atoms with Crippen LogP contribution in [0.3, 0.4) is 0 Å². The molecular weight excluding hydrogens is 276 g/mol. The lowest BCUT2D eigenvalue weighted by Gasteiger charge is -2.01. The van der Waals surface area contributed by atoms with Crippen LogP contribution >= 0.6 is 24.0 Å². The van der Waals surface area contributed by atoms with Crippen molar-refractivity contribution in [2.45, 2.75) is 11.8 Å². The third-order valence-electron chi connectivity index (χ3n) is 2.26. The predicted octanol–water partition coefficient (Wildman–Crippen LogP) is 2.57. The number of aryl methyl sites for hydroxylation is 1. The van der Waals surface area contributed by atoms with Crippen LogP contribution in [0.4, 0.5) is 0 Å². The molecule has 0 aliphatic carbocycles. The van der Waals surface area contributed by atoms with Crippen molar-refractivity contribution in [3.63, 3.8) is 0 Å². The van der Waals surface area contributed by atoms with Crippen LogP contribution in [0.2, 0.25) is 0 Å². The molecule has 1 aromatic carbocycles. The van der Waals surface area contributed by atoms with Crippen molar-refractivity contribution in [2.24, 2.45) is 10.7 Å². The summed E-state index contributed by atoms with van der Waals surface area (Å²) < 4.78 is 0.451. The van der Waals surface area contributed by atoms with E-state index in [2.05, 4.69) is 15.0 Å². The standard InChI is InChI=1S/C13H12N4S2/c1-9-2-4-10(5-3-9)19-13(18)17-12(14)11-8-15-6-7-16-11/h2-8H,1H3,(H2,14,17,18). The third-order valence-corrected chi connectivity index (χ3v) is 3.38. The molecule has 1 aromatic heterocycles. The zero-order chi connectivity index (χ0) is 13.7. The van der Waals surface area contributed by atoms with Crippen LogP contribution < -0.4 is 5.73 Å². The molecule has 0 fully saturated rings. The van der Waals surface area contributed by atoms with Crippen LogP contribution in [0.1, 0.15) is 11.3 Å². The van der Waals surface area contributed by atoms with E-state index in [0.29, 0.717) is 10.0 Å². The summed E-state index contributed by atoms with van der Waals surface area (Å²) in [7, 11) is 0. The fourth-order valence-electron chi connectivity index (χ4n) is 1.32. The largest absolute Gasteiger partial charge is 0.382 e. The van der Waals surface area contributed by atoms with Crippen molar-refractivity contribution in [1.29, 1.82) is 0 Å². The maximum absolute atomic E-state index is 5.82. The quantitative estimate of drug-likeness (QED) is 0.398. The van der Waals surface area contributed by atoms with Gasteiger partial charge in [0.1, 0.15) is 5.69 Å². The lowest BCUT2D eigenvalue weighted by molar-refractivity contribution is 1.17. The maximum atomic E-state index is 5.82. The molecule has 6 heteroatoms. The second-order valence-electron chi connectivity index (χ2n) is 3.77. The summed E-state index contributed by atoms with van der Waals surface area (Å²) in [6.07, 6.45) is 4.70. The molecule has 2 aromatic rings. The fourth-order valence-corrected chi connectivity index (χ4v) is 2.32. The monoisotopic (exact) mass is 288 g/mol. The SMILES string of the molecule is Cc1ccc(SC(=S)N=C(N)c2cnccn2)cc1. The number of hydrogen-bond acceptors (Lipinski definition) is 4. The van der Waals surface area contributed by atoms with E-state index in [-0.39, 0.29) is 5.84 Å². The number of aliphatic imine (C=N–C) groups is 1. The summed E-state index contributed by atoms with van der Waals surface area (Å²) in [5.74, 6) is 0.276. The van der Waals surface area contributed by atoms with Crippen molar-refractivity contribution in [1.82, 2.24) is 9.97 Å². The highest BCUT2D eigenvalue weighted by atomic mass is 32.2. The highest BCUT2D eigenvalue weighted by Gasteiger charge is 2.03. The first kappa shape index (κ1) is 13.6. The lowest BCUT2D eigenvalue weighted by atomic mass is 10.2. The van der Waals surface area contributed by atoms with Crippen molar-refractivity contribution in [3.8, 4) is 0 Å². The Labute approximate surface area is 121 Å². The number of nitrogens with two attached hydrogens (primary N) is 1. The molecule has 96 valence electrons. The van der Waals surface area contributed by atoms with Gasteiger partial charge in [-0.2, -0.15) is 0 Å². The van der Waals surface area contributed by atoms with Gasteiger partial charge in [0.05, 0.1) is 6.20 Å². The molecule has 2 rings (SSSR count). The molecule has 0 aliphatic heterocycles. The van der Waals surface area contributed by atoms with Gasteiger partial charge in [0.25, 0.3) is 0 Å². The molecule has 1 heterocycles. The first-order valence-corrected chi connectivity index (χ1v) is 6.76. The van der Waals surface area contributed by atoms with Crippen LogP contribution in [-0.2, 0) is 0 Å². The van der Waals surface area contributed by atoms with E-state index in [1.54, 1.807) is 18.6 Å². The molecule has 0 amide bonds. The van der Waals surface area contributed by atoms with E-state index < -0.39 is 0 Å². The van der Waals surface area contributed by atoms with E-state index in [0.717, 1.165) is 4.90 Å². The second-order valence-corrected chi connectivity index (χ2v) is 5.48. The van der Waals surface area contributed by atoms with Gasteiger partial charge >= 0.3 is 0 Å². The highest BCUT2D eigenvalue weighted by Crippen LogP contribution is 2.20. The molecule has 0 atom stereocenters. The van der Waals surface area contributed by atoms with Gasteiger partial charge in [0.2, 0.25) is 0 Å². The Balaban J connectivity index is 2.07. The first-order valence-electron chi connectivity index (χ1n) is 5.54. The smallest absolute Gasteiger partial charge is 0.166 e. The Morgan fingerprint density at radius 1 is 1.26 bits per heavy atom. The Morgan fingerprint density at radius 3 is 2.63 bits per heavy atom. The Bertz CT molecular complexity index is 594. The van der Waals surface area contributed by atoms with E-state index in [9.17, 15) is 0 Å². The van der Waals surface area contributed by atoms with E-state index >= 15 is 0 Å². The topological polar surface area (TPSA) is 64.2 Å². The summed E-state index contributed by atoms with van der Waals surface area (Å²) >= 11 is 6.58. The van der Waals surface area contributed by atoms with Gasteiger partial charge < -0.3 is 5.73 Å². The van der Waals surface area contributed by atoms with Crippen LogP contribution in [0, 0.1) is 6.92 Å². The minimum absolute atomic E-state index is 0.276. The molecule has 0 saturated carbocycles. The highest BCUT2D eigenvalue weighted by molar-refractivity contribution is 8.23. The number of thioether (sulfide) groups is 1. The Hall–Kier alpha value is -1.79. The molecule has 4 nitrogen and oxygen atoms in total. The van der Waals surface area contributed by atoms with Gasteiger partial charge in [-0.25, -0.2) is 9.98 Å². The van der Waals surface area contributed by atoms with Crippen LogP contribution in [0.5, 0.6) is 0 Å². The lowest BCUT2D eigenvalue weighted by Crippen LogP contribution is -2.16. The predicted molar refractivity (Wildman–Crippen MR) is 82.4 cm³/mol. The summed E-state index contributed by atoms with van der Waals surface area (Å²) in [4.78, 5) is 13.2. The number of rotatable bonds is 2. The van der Waals surface area contributed by atoms with Crippen molar-refractivity contribution < 1.29 is 0 Å². The van der Waals surface area contributed by atoms with Gasteiger partial charge in [-0.05, 0) is 19.1 Å². The van der Waals surface area contributed by atoms with Crippen LogP contribution in [0.25, 0.3) is 0 Å². The summed E-state index contributed by atoms with van der Waals surface area (Å²) in [5.41, 5.74) is 7.55. The number of benzene rings is 1. The maximum Gasteiger partial charge on any atom is 0.166 e. The second kappa shape index (κ2) is 6.40. The van der Waals surface area contributed by atoms with E-state index in [1.807, 2.05) is 31.2 Å². The number of amidine groups is 1. The average molecular weight is 288 g/mol. The zero-order valence-electron chi connectivity index (χ0n) is 10.3. The molecule has 0 spiro atoms. The summed E-state index contributed by atoms with van der Waals surface area (Å²) in [6.45, 7) is 2.04. The van der Waals surface area contributed by atoms with Gasteiger partial charge in [-0.1, -0.05) is 41.7 Å². The van der Waals surface area contributed by atoms with Crippen molar-refractivity contribution in [2.75, 3.05) is 0 Å². The Kier molecular flexibility index (Phi) is 4.59. The molecule has 0 aliphatic rings. The number of thiocarbonyl (C=S) groups is 1. The number of hydrogen-bond donors (Lipinski definition) is 1. The molecule has 19 heavy (non-hydrogen) atoms.